The smallest absolute Gasteiger partial charge is 0.310 e. The van der Waals surface area contributed by atoms with E-state index in [4.69, 9.17) is 0 Å². The number of hydrogen-bond donors (Lipinski definition) is 2. The van der Waals surface area contributed by atoms with Crippen molar-refractivity contribution in [3.63, 3.8) is 0 Å². The van der Waals surface area contributed by atoms with Crippen LogP contribution in [0.15, 0.2) is 12.1 Å². The number of nitrogens with one attached hydrogen (secondary N) is 2. The summed E-state index contributed by atoms with van der Waals surface area (Å²) in [5.41, 5.74) is 0. The molecule has 0 radical (unpaired) electrons. The number of aromatic nitrogens is 4. The molecule has 2 rings (SSSR count). The SMILES string of the molecule is COC(=O)Cc1ccc(CNCc2nn[nH]n2)s1. The Morgan fingerprint density at radius 1 is 1.44 bits per heavy atom. The molecule has 0 aliphatic carbocycles. The topological polar surface area (TPSA) is 92.8 Å². The number of thiophene rings is 1. The van der Waals surface area contributed by atoms with Crippen molar-refractivity contribution in [1.82, 2.24) is 25.9 Å². The summed E-state index contributed by atoms with van der Waals surface area (Å²) in [6.07, 6.45) is 0.325. The third kappa shape index (κ3) is 3.60. The van der Waals surface area contributed by atoms with Crippen molar-refractivity contribution < 1.29 is 9.53 Å². The minimum atomic E-state index is -0.219. The van der Waals surface area contributed by atoms with Crippen LogP contribution in [0.2, 0.25) is 0 Å². The van der Waals surface area contributed by atoms with Crippen molar-refractivity contribution in [2.45, 2.75) is 19.5 Å². The van der Waals surface area contributed by atoms with Gasteiger partial charge in [0.1, 0.15) is 0 Å². The lowest BCUT2D eigenvalue weighted by atomic mass is 10.3. The Morgan fingerprint density at radius 3 is 3.00 bits per heavy atom. The Hall–Kier alpha value is -1.80. The summed E-state index contributed by atoms with van der Waals surface area (Å²) in [6, 6.07) is 3.93. The van der Waals surface area contributed by atoms with E-state index in [1.807, 2.05) is 12.1 Å². The van der Waals surface area contributed by atoms with E-state index < -0.39 is 0 Å². The molecule has 96 valence electrons. The summed E-state index contributed by atoms with van der Waals surface area (Å²) >= 11 is 1.59. The molecule has 0 aliphatic heterocycles. The zero-order chi connectivity index (χ0) is 12.8. The maximum atomic E-state index is 11.1. The third-order valence-corrected chi connectivity index (χ3v) is 3.32. The fraction of sp³-hybridized carbons (Fsp3) is 0.400. The highest BCUT2D eigenvalue weighted by Gasteiger charge is 2.06. The molecule has 2 N–H and O–H groups in total. The second kappa shape index (κ2) is 6.22. The molecule has 0 saturated heterocycles. The quantitative estimate of drug-likeness (QED) is 0.730. The van der Waals surface area contributed by atoms with Gasteiger partial charge in [-0.05, 0) is 12.1 Å². The predicted molar refractivity (Wildman–Crippen MR) is 64.8 cm³/mol. The average molecular weight is 267 g/mol. The van der Waals surface area contributed by atoms with Crippen LogP contribution in [-0.2, 0) is 29.0 Å². The Labute approximate surface area is 108 Å². The van der Waals surface area contributed by atoms with Crippen LogP contribution in [0.25, 0.3) is 0 Å². The third-order valence-electron chi connectivity index (χ3n) is 2.24. The normalized spacial score (nSPS) is 10.5. The van der Waals surface area contributed by atoms with Crippen LogP contribution in [0.5, 0.6) is 0 Å². The monoisotopic (exact) mass is 267 g/mol. The van der Waals surface area contributed by atoms with Crippen LogP contribution in [0.1, 0.15) is 15.6 Å². The highest BCUT2D eigenvalue weighted by atomic mass is 32.1. The lowest BCUT2D eigenvalue weighted by Crippen LogP contribution is -2.12. The number of aromatic amines is 1. The average Bonchev–Trinajstić information content (AvgIpc) is 3.01. The van der Waals surface area contributed by atoms with Gasteiger partial charge in [0, 0.05) is 16.3 Å². The zero-order valence-electron chi connectivity index (χ0n) is 9.84. The highest BCUT2D eigenvalue weighted by Crippen LogP contribution is 2.17. The zero-order valence-corrected chi connectivity index (χ0v) is 10.7. The summed E-state index contributed by atoms with van der Waals surface area (Å²) in [6.45, 7) is 1.26. The maximum Gasteiger partial charge on any atom is 0.310 e. The molecule has 0 amide bonds. The number of ether oxygens (including phenoxy) is 1. The number of carbonyl (C=O) groups excluding carboxylic acids is 1. The first-order valence-electron chi connectivity index (χ1n) is 5.35. The van der Waals surface area contributed by atoms with Crippen molar-refractivity contribution in [3.05, 3.63) is 27.7 Å². The van der Waals surface area contributed by atoms with Crippen LogP contribution in [0.3, 0.4) is 0 Å². The maximum absolute atomic E-state index is 11.1. The van der Waals surface area contributed by atoms with Gasteiger partial charge >= 0.3 is 5.97 Å². The fourth-order valence-corrected chi connectivity index (χ4v) is 2.35. The second-order valence-electron chi connectivity index (χ2n) is 3.55. The van der Waals surface area contributed by atoms with Crippen LogP contribution in [-0.4, -0.2) is 33.7 Å². The molecule has 0 atom stereocenters. The van der Waals surface area contributed by atoms with Crippen molar-refractivity contribution >= 4 is 17.3 Å². The number of methoxy groups -OCH3 is 1. The number of tetrazole rings is 1. The Morgan fingerprint density at radius 2 is 2.28 bits per heavy atom. The van der Waals surface area contributed by atoms with Gasteiger partial charge in [0.25, 0.3) is 0 Å². The summed E-state index contributed by atoms with van der Waals surface area (Å²) in [5.74, 6) is 0.407. The van der Waals surface area contributed by atoms with Gasteiger partial charge in [-0.15, -0.1) is 21.5 Å². The van der Waals surface area contributed by atoms with Crippen molar-refractivity contribution in [3.8, 4) is 0 Å². The first kappa shape index (κ1) is 12.7. The molecule has 0 saturated carbocycles. The van der Waals surface area contributed by atoms with E-state index in [0.29, 0.717) is 25.3 Å². The van der Waals surface area contributed by atoms with E-state index in [0.717, 1.165) is 9.75 Å². The first-order valence-corrected chi connectivity index (χ1v) is 6.17. The summed E-state index contributed by atoms with van der Waals surface area (Å²) < 4.78 is 4.62. The number of nitrogens with zero attached hydrogens (tertiary/aromatic N) is 3. The van der Waals surface area contributed by atoms with E-state index >= 15 is 0 Å². The molecule has 2 aromatic rings. The number of carbonyl (C=O) groups is 1. The van der Waals surface area contributed by atoms with E-state index in [9.17, 15) is 4.79 Å². The van der Waals surface area contributed by atoms with Gasteiger partial charge in [0.05, 0.1) is 20.1 Å². The number of esters is 1. The first-order chi connectivity index (χ1) is 8.78. The standard InChI is InChI=1S/C10H13N5O2S/c1-17-10(16)4-7-2-3-8(18-7)5-11-6-9-12-14-15-13-9/h2-3,11H,4-6H2,1H3,(H,12,13,14,15). The second-order valence-corrected chi connectivity index (χ2v) is 4.81. The highest BCUT2D eigenvalue weighted by molar-refractivity contribution is 7.12. The van der Waals surface area contributed by atoms with Crippen molar-refractivity contribution in [2.75, 3.05) is 7.11 Å². The molecule has 18 heavy (non-hydrogen) atoms. The van der Waals surface area contributed by atoms with Gasteiger partial charge in [-0.1, -0.05) is 5.21 Å². The van der Waals surface area contributed by atoms with E-state index in [1.165, 1.54) is 7.11 Å². The lowest BCUT2D eigenvalue weighted by Gasteiger charge is -1.98. The van der Waals surface area contributed by atoms with Crippen LogP contribution >= 0.6 is 11.3 Å². The van der Waals surface area contributed by atoms with Crippen molar-refractivity contribution in [1.29, 1.82) is 0 Å². The van der Waals surface area contributed by atoms with Gasteiger partial charge in [-0.3, -0.25) is 4.79 Å². The van der Waals surface area contributed by atoms with E-state index in [2.05, 4.69) is 30.7 Å². The minimum Gasteiger partial charge on any atom is -0.469 e. The number of H-pyrrole nitrogens is 1. The largest absolute Gasteiger partial charge is 0.469 e. The van der Waals surface area contributed by atoms with Gasteiger partial charge in [0.2, 0.25) is 0 Å². The van der Waals surface area contributed by atoms with Crippen LogP contribution < -0.4 is 5.32 Å². The Bertz CT molecular complexity index is 496. The molecule has 0 aromatic carbocycles. The van der Waals surface area contributed by atoms with Crippen LogP contribution in [0.4, 0.5) is 0 Å². The molecule has 0 aliphatic rings. The molecule has 0 unspecified atom stereocenters. The molecule has 0 fully saturated rings. The van der Waals surface area contributed by atoms with Gasteiger partial charge in [-0.25, -0.2) is 0 Å². The summed E-state index contributed by atoms with van der Waals surface area (Å²) in [4.78, 5) is 13.3. The molecule has 0 spiro atoms. The molecule has 8 heteroatoms. The predicted octanol–water partition coefficient (Wildman–Crippen LogP) is 0.266. The molecule has 7 nitrogen and oxygen atoms in total. The molecule has 2 aromatic heterocycles. The van der Waals surface area contributed by atoms with Crippen LogP contribution in [0, 0.1) is 0 Å². The van der Waals surface area contributed by atoms with Gasteiger partial charge < -0.3 is 10.1 Å². The van der Waals surface area contributed by atoms with E-state index in [-0.39, 0.29) is 5.97 Å². The fourth-order valence-electron chi connectivity index (χ4n) is 1.38. The minimum absolute atomic E-state index is 0.219. The molecular formula is C10H13N5O2S. The molecular weight excluding hydrogens is 254 g/mol. The lowest BCUT2D eigenvalue weighted by molar-refractivity contribution is -0.139. The number of hydrogen-bond acceptors (Lipinski definition) is 7. The van der Waals surface area contributed by atoms with Gasteiger partial charge in [0.15, 0.2) is 5.82 Å². The Balaban J connectivity index is 1.78. The Kier molecular flexibility index (Phi) is 4.37. The van der Waals surface area contributed by atoms with Gasteiger partial charge in [-0.2, -0.15) is 5.21 Å². The van der Waals surface area contributed by atoms with Crippen molar-refractivity contribution in [2.24, 2.45) is 0 Å². The number of rotatable bonds is 6. The molecule has 2 heterocycles. The van der Waals surface area contributed by atoms with E-state index in [1.54, 1.807) is 11.3 Å². The summed E-state index contributed by atoms with van der Waals surface area (Å²) in [7, 11) is 1.39. The summed E-state index contributed by atoms with van der Waals surface area (Å²) in [5, 5.41) is 16.7. The molecule has 0 bridgehead atoms.